The summed E-state index contributed by atoms with van der Waals surface area (Å²) in [6.45, 7) is 0.213. The third kappa shape index (κ3) is 4.43. The number of nitrogens with one attached hydrogen (secondary N) is 1. The van der Waals surface area contributed by atoms with Gasteiger partial charge in [0.2, 0.25) is 5.13 Å². The summed E-state index contributed by atoms with van der Waals surface area (Å²) >= 11 is 1.08. The van der Waals surface area contributed by atoms with Crippen molar-refractivity contribution in [1.82, 2.24) is 10.2 Å². The highest BCUT2D eigenvalue weighted by molar-refractivity contribution is 7.15. The maximum absolute atomic E-state index is 11.7. The first-order chi connectivity index (χ1) is 7.40. The fourth-order valence-corrected chi connectivity index (χ4v) is 1.38. The molecule has 1 rings (SSSR count). The monoisotopic (exact) mass is 255 g/mol. The molecule has 1 amide bonds. The molecule has 90 valence electrons. The van der Waals surface area contributed by atoms with E-state index in [-0.39, 0.29) is 5.13 Å². The molecule has 0 radical (unpaired) electrons. The van der Waals surface area contributed by atoms with E-state index in [0.29, 0.717) is 11.4 Å². The van der Waals surface area contributed by atoms with Gasteiger partial charge in [-0.15, -0.1) is 10.2 Å². The van der Waals surface area contributed by atoms with Gasteiger partial charge in [-0.05, 0) is 6.42 Å². The van der Waals surface area contributed by atoms with E-state index < -0.39 is 18.9 Å². The van der Waals surface area contributed by atoms with Crippen molar-refractivity contribution in [2.24, 2.45) is 0 Å². The van der Waals surface area contributed by atoms with Crippen molar-refractivity contribution in [1.29, 1.82) is 0 Å². The van der Waals surface area contributed by atoms with Gasteiger partial charge in [-0.2, -0.15) is 13.2 Å². The van der Waals surface area contributed by atoms with Gasteiger partial charge in [-0.25, -0.2) is 4.79 Å². The highest BCUT2D eigenvalue weighted by Crippen LogP contribution is 2.17. The topological polar surface area (TPSA) is 64.1 Å². The molecule has 0 bridgehead atoms. The van der Waals surface area contributed by atoms with Crippen molar-refractivity contribution in [3.05, 3.63) is 5.01 Å². The van der Waals surface area contributed by atoms with Crippen molar-refractivity contribution in [3.8, 4) is 0 Å². The molecule has 1 aromatic heterocycles. The van der Waals surface area contributed by atoms with Gasteiger partial charge in [0.05, 0.1) is 0 Å². The lowest BCUT2D eigenvalue weighted by Gasteiger charge is -2.06. The molecule has 0 aliphatic carbocycles. The van der Waals surface area contributed by atoms with Crippen LogP contribution in [0.5, 0.6) is 0 Å². The summed E-state index contributed by atoms with van der Waals surface area (Å²) in [6.07, 6.45) is -5.10. The number of hydrogen-bond donors (Lipinski definition) is 1. The van der Waals surface area contributed by atoms with Crippen LogP contribution < -0.4 is 5.32 Å². The van der Waals surface area contributed by atoms with Crippen molar-refractivity contribution in [2.75, 3.05) is 11.9 Å². The minimum absolute atomic E-state index is 0.115. The number of aromatic nitrogens is 2. The minimum Gasteiger partial charge on any atom is -0.440 e. The number of amides is 1. The maximum Gasteiger partial charge on any atom is 0.422 e. The molecule has 16 heavy (non-hydrogen) atoms. The Labute approximate surface area is 92.6 Å². The van der Waals surface area contributed by atoms with Gasteiger partial charge in [0, 0.05) is 0 Å². The SMILES string of the molecule is CCc1nnc(NC(=O)OCC(F)(F)F)s1. The van der Waals surface area contributed by atoms with Gasteiger partial charge in [0.15, 0.2) is 6.61 Å². The molecule has 0 fully saturated rings. The minimum atomic E-state index is -4.53. The highest BCUT2D eigenvalue weighted by Gasteiger charge is 2.29. The van der Waals surface area contributed by atoms with Crippen LogP contribution in [-0.2, 0) is 11.2 Å². The molecule has 1 heterocycles. The summed E-state index contributed by atoms with van der Waals surface area (Å²) in [5.41, 5.74) is 0. The van der Waals surface area contributed by atoms with Crippen molar-refractivity contribution >= 4 is 22.6 Å². The average molecular weight is 255 g/mol. The summed E-state index contributed by atoms with van der Waals surface area (Å²) in [5.74, 6) is 0. The van der Waals surface area contributed by atoms with Crippen LogP contribution in [0.1, 0.15) is 11.9 Å². The molecule has 0 saturated carbocycles. The number of carbonyl (C=O) groups is 1. The van der Waals surface area contributed by atoms with Crippen LogP contribution in [0.4, 0.5) is 23.1 Å². The van der Waals surface area contributed by atoms with Crippen LogP contribution in [0, 0.1) is 0 Å². The second-order valence-electron chi connectivity index (χ2n) is 2.67. The second-order valence-corrected chi connectivity index (χ2v) is 3.73. The van der Waals surface area contributed by atoms with Gasteiger partial charge in [-0.3, -0.25) is 5.32 Å². The summed E-state index contributed by atoms with van der Waals surface area (Å²) in [6, 6.07) is 0. The Morgan fingerprint density at radius 3 is 2.69 bits per heavy atom. The van der Waals surface area contributed by atoms with E-state index in [0.717, 1.165) is 11.3 Å². The van der Waals surface area contributed by atoms with Crippen LogP contribution in [0.2, 0.25) is 0 Å². The zero-order chi connectivity index (χ0) is 12.2. The first-order valence-electron chi connectivity index (χ1n) is 4.23. The molecule has 0 aliphatic heterocycles. The van der Waals surface area contributed by atoms with E-state index in [9.17, 15) is 18.0 Å². The van der Waals surface area contributed by atoms with Gasteiger partial charge < -0.3 is 4.74 Å². The smallest absolute Gasteiger partial charge is 0.422 e. The Kier molecular flexibility index (Phi) is 4.05. The first-order valence-corrected chi connectivity index (χ1v) is 5.05. The lowest BCUT2D eigenvalue weighted by atomic mass is 10.5. The zero-order valence-corrected chi connectivity index (χ0v) is 8.98. The third-order valence-corrected chi connectivity index (χ3v) is 2.33. The first kappa shape index (κ1) is 12.7. The van der Waals surface area contributed by atoms with Crippen molar-refractivity contribution < 1.29 is 22.7 Å². The number of halogens is 3. The molecular formula is C7H8F3N3O2S. The number of aryl methyl sites for hydroxylation is 1. The summed E-state index contributed by atoms with van der Waals surface area (Å²) in [4.78, 5) is 10.9. The van der Waals surface area contributed by atoms with E-state index in [1.165, 1.54) is 0 Å². The summed E-state index contributed by atoms with van der Waals surface area (Å²) in [5, 5.41) is 10.1. The molecule has 0 aromatic carbocycles. The Morgan fingerprint density at radius 2 is 2.19 bits per heavy atom. The summed E-state index contributed by atoms with van der Waals surface area (Å²) < 4.78 is 39.0. The van der Waals surface area contributed by atoms with E-state index in [1.54, 1.807) is 0 Å². The second kappa shape index (κ2) is 5.10. The number of hydrogen-bond acceptors (Lipinski definition) is 5. The molecular weight excluding hydrogens is 247 g/mol. The standard InChI is InChI=1S/C7H8F3N3O2S/c1-2-4-12-13-5(16-4)11-6(14)15-3-7(8,9)10/h2-3H2,1H3,(H,11,13,14). The quantitative estimate of drug-likeness (QED) is 0.899. The molecule has 1 N–H and O–H groups in total. The van der Waals surface area contributed by atoms with Gasteiger partial charge >= 0.3 is 12.3 Å². The third-order valence-electron chi connectivity index (χ3n) is 1.35. The molecule has 0 spiro atoms. The molecule has 9 heteroatoms. The van der Waals surface area contributed by atoms with Crippen LogP contribution >= 0.6 is 11.3 Å². The van der Waals surface area contributed by atoms with Crippen LogP contribution in [0.25, 0.3) is 0 Å². The molecule has 1 aromatic rings. The normalized spacial score (nSPS) is 11.2. The molecule has 5 nitrogen and oxygen atoms in total. The number of rotatable bonds is 3. The zero-order valence-electron chi connectivity index (χ0n) is 8.17. The lowest BCUT2D eigenvalue weighted by molar-refractivity contribution is -0.159. The molecule has 0 saturated heterocycles. The van der Waals surface area contributed by atoms with E-state index in [2.05, 4.69) is 20.3 Å². The summed E-state index contributed by atoms with van der Waals surface area (Å²) in [7, 11) is 0. The lowest BCUT2D eigenvalue weighted by Crippen LogP contribution is -2.23. The highest BCUT2D eigenvalue weighted by atomic mass is 32.1. The van der Waals surface area contributed by atoms with Crippen LogP contribution in [-0.4, -0.2) is 29.1 Å². The molecule has 0 aliphatic rings. The van der Waals surface area contributed by atoms with Crippen molar-refractivity contribution in [2.45, 2.75) is 19.5 Å². The number of carbonyl (C=O) groups excluding carboxylic acids is 1. The number of ether oxygens (including phenoxy) is 1. The van der Waals surface area contributed by atoms with E-state index in [1.807, 2.05) is 6.92 Å². The maximum atomic E-state index is 11.7. The number of anilines is 1. The van der Waals surface area contributed by atoms with E-state index in [4.69, 9.17) is 0 Å². The Morgan fingerprint density at radius 1 is 1.50 bits per heavy atom. The van der Waals surface area contributed by atoms with Gasteiger partial charge in [0.25, 0.3) is 0 Å². The Hall–Kier alpha value is -1.38. The van der Waals surface area contributed by atoms with E-state index >= 15 is 0 Å². The Bertz CT molecular complexity index is 366. The predicted octanol–water partition coefficient (Wildman–Crippen LogP) is 2.21. The number of alkyl halides is 3. The molecule has 0 atom stereocenters. The fourth-order valence-electron chi connectivity index (χ4n) is 0.718. The average Bonchev–Trinajstić information content (AvgIpc) is 2.61. The molecule has 0 unspecified atom stereocenters. The van der Waals surface area contributed by atoms with Gasteiger partial charge in [-0.1, -0.05) is 18.3 Å². The Balaban J connectivity index is 2.40. The largest absolute Gasteiger partial charge is 0.440 e. The number of nitrogens with zero attached hydrogens (tertiary/aromatic N) is 2. The van der Waals surface area contributed by atoms with Crippen molar-refractivity contribution in [3.63, 3.8) is 0 Å². The fraction of sp³-hybridized carbons (Fsp3) is 0.571. The predicted molar refractivity (Wildman–Crippen MR) is 50.3 cm³/mol. The van der Waals surface area contributed by atoms with Crippen LogP contribution in [0.3, 0.4) is 0 Å². The van der Waals surface area contributed by atoms with Crippen LogP contribution in [0.15, 0.2) is 0 Å². The van der Waals surface area contributed by atoms with Gasteiger partial charge in [0.1, 0.15) is 5.01 Å².